The molecule has 0 saturated heterocycles. The van der Waals surface area contributed by atoms with Crippen molar-refractivity contribution in [3.05, 3.63) is 27.9 Å². The van der Waals surface area contributed by atoms with Crippen LogP contribution >= 0.6 is 22.7 Å². The number of amides is 1. The number of nitrogens with one attached hydrogen (secondary N) is 1. The van der Waals surface area contributed by atoms with Crippen LogP contribution in [0.4, 0.5) is 0 Å². The highest BCUT2D eigenvalue weighted by Crippen LogP contribution is 2.25. The monoisotopic (exact) mass is 298 g/mol. The lowest BCUT2D eigenvalue weighted by Crippen LogP contribution is -2.27. The number of thiazole rings is 1. The van der Waals surface area contributed by atoms with Gasteiger partial charge in [0.05, 0.1) is 25.3 Å². The highest BCUT2D eigenvalue weighted by molar-refractivity contribution is 7.14. The Balaban J connectivity index is 1.81. The number of nitrogens with zero attached hydrogens (tertiary/aromatic N) is 1. The minimum atomic E-state index is -0.210. The summed E-state index contributed by atoms with van der Waals surface area (Å²) in [7, 11) is 1.58. The number of thiophene rings is 1. The Labute approximate surface area is 119 Å². The average Bonchev–Trinajstić information content (AvgIpc) is 3.04. The van der Waals surface area contributed by atoms with E-state index in [2.05, 4.69) is 10.5 Å². The Bertz CT molecular complexity index is 511. The molecule has 5 nitrogen and oxygen atoms in total. The van der Waals surface area contributed by atoms with Gasteiger partial charge in [-0.1, -0.05) is 0 Å². The topological polar surface area (TPSA) is 60.5 Å². The lowest BCUT2D eigenvalue weighted by molar-refractivity contribution is -0.133. The minimum absolute atomic E-state index is 0.210. The molecule has 1 amide bonds. The molecule has 1 N–H and O–H groups in total. The zero-order valence-corrected chi connectivity index (χ0v) is 12.1. The molecule has 0 unspecified atom stereocenters. The molecule has 0 aliphatic rings. The van der Waals surface area contributed by atoms with Gasteiger partial charge in [0.15, 0.2) is 0 Å². The summed E-state index contributed by atoms with van der Waals surface area (Å²) in [5.41, 5.74) is 4.20. The molecule has 0 atom stereocenters. The molecule has 2 aromatic rings. The van der Waals surface area contributed by atoms with Gasteiger partial charge in [-0.25, -0.2) is 10.5 Å². The predicted molar refractivity (Wildman–Crippen MR) is 75.1 cm³/mol. The van der Waals surface area contributed by atoms with Crippen molar-refractivity contribution in [2.24, 2.45) is 0 Å². The Morgan fingerprint density at radius 1 is 1.42 bits per heavy atom. The van der Waals surface area contributed by atoms with Crippen molar-refractivity contribution in [2.75, 3.05) is 20.3 Å². The number of methoxy groups -OCH3 is 1. The van der Waals surface area contributed by atoms with Gasteiger partial charge >= 0.3 is 0 Å². The number of carbonyl (C=O) groups is 1. The van der Waals surface area contributed by atoms with E-state index in [1.54, 1.807) is 18.4 Å². The lowest BCUT2D eigenvalue weighted by atomic mass is 10.3. The van der Waals surface area contributed by atoms with Crippen molar-refractivity contribution in [3.63, 3.8) is 0 Å². The molecule has 2 heterocycles. The molecule has 2 rings (SSSR count). The quantitative estimate of drug-likeness (QED) is 0.628. The maximum atomic E-state index is 11.6. The number of carbonyl (C=O) groups excluding carboxylic acids is 1. The standard InChI is InChI=1S/C12H14N2O3S2/c1-16-3-4-17-14-11(15)6-10-8-19-12(13-10)9-2-5-18-7-9/h2,5,7-8H,3-4,6H2,1H3,(H,14,15). The van der Waals surface area contributed by atoms with Gasteiger partial charge in [0, 0.05) is 23.4 Å². The van der Waals surface area contributed by atoms with Crippen molar-refractivity contribution in [3.8, 4) is 10.6 Å². The number of rotatable bonds is 7. The van der Waals surface area contributed by atoms with E-state index >= 15 is 0 Å². The highest BCUT2D eigenvalue weighted by Gasteiger charge is 2.09. The van der Waals surface area contributed by atoms with Crippen LogP contribution < -0.4 is 5.48 Å². The van der Waals surface area contributed by atoms with Crippen LogP contribution in [0.15, 0.2) is 22.2 Å². The first-order valence-electron chi connectivity index (χ1n) is 5.66. The van der Waals surface area contributed by atoms with Crippen molar-refractivity contribution >= 4 is 28.6 Å². The fraction of sp³-hybridized carbons (Fsp3) is 0.333. The van der Waals surface area contributed by atoms with Crippen LogP contribution in [0.5, 0.6) is 0 Å². The van der Waals surface area contributed by atoms with E-state index in [0.717, 1.165) is 16.3 Å². The van der Waals surface area contributed by atoms with Gasteiger partial charge in [-0.15, -0.1) is 11.3 Å². The molecular weight excluding hydrogens is 284 g/mol. The molecule has 0 saturated carbocycles. The lowest BCUT2D eigenvalue weighted by Gasteiger charge is -2.03. The highest BCUT2D eigenvalue weighted by atomic mass is 32.1. The molecule has 7 heteroatoms. The van der Waals surface area contributed by atoms with Crippen LogP contribution in [0.1, 0.15) is 5.69 Å². The molecule has 0 aromatic carbocycles. The third-order valence-electron chi connectivity index (χ3n) is 2.24. The fourth-order valence-corrected chi connectivity index (χ4v) is 2.90. The van der Waals surface area contributed by atoms with Crippen LogP contribution in [-0.2, 0) is 20.8 Å². The van der Waals surface area contributed by atoms with Crippen LogP contribution in [0.3, 0.4) is 0 Å². The Kier molecular flexibility index (Phi) is 5.46. The molecule has 0 aliphatic heterocycles. The fourth-order valence-electron chi connectivity index (χ4n) is 1.36. The third kappa shape index (κ3) is 4.39. The van der Waals surface area contributed by atoms with Crippen LogP contribution in [0.2, 0.25) is 0 Å². The summed E-state index contributed by atoms with van der Waals surface area (Å²) in [5, 5.41) is 6.87. The summed E-state index contributed by atoms with van der Waals surface area (Å²) < 4.78 is 4.80. The summed E-state index contributed by atoms with van der Waals surface area (Å²) in [6.45, 7) is 0.777. The summed E-state index contributed by atoms with van der Waals surface area (Å²) in [6, 6.07) is 2.02. The van der Waals surface area contributed by atoms with Crippen molar-refractivity contribution in [1.29, 1.82) is 0 Å². The van der Waals surface area contributed by atoms with E-state index in [0.29, 0.717) is 13.2 Å². The average molecular weight is 298 g/mol. The van der Waals surface area contributed by atoms with E-state index in [1.165, 1.54) is 11.3 Å². The first kappa shape index (κ1) is 14.1. The Hall–Kier alpha value is -1.28. The molecule has 0 fully saturated rings. The summed E-state index contributed by atoms with van der Waals surface area (Å²) >= 11 is 3.16. The molecule has 2 aromatic heterocycles. The van der Waals surface area contributed by atoms with E-state index in [4.69, 9.17) is 9.57 Å². The molecule has 0 spiro atoms. The Morgan fingerprint density at radius 3 is 3.05 bits per heavy atom. The number of aromatic nitrogens is 1. The molecular formula is C12H14N2O3S2. The van der Waals surface area contributed by atoms with Crippen molar-refractivity contribution < 1.29 is 14.4 Å². The van der Waals surface area contributed by atoms with Gasteiger partial charge in [-0.2, -0.15) is 11.3 Å². The van der Waals surface area contributed by atoms with Gasteiger partial charge < -0.3 is 4.74 Å². The third-order valence-corrected chi connectivity index (χ3v) is 3.86. The van der Waals surface area contributed by atoms with E-state index in [9.17, 15) is 4.79 Å². The van der Waals surface area contributed by atoms with Crippen molar-refractivity contribution in [1.82, 2.24) is 10.5 Å². The molecule has 0 aliphatic carbocycles. The van der Waals surface area contributed by atoms with Crippen LogP contribution in [0.25, 0.3) is 10.6 Å². The maximum absolute atomic E-state index is 11.6. The number of hydrogen-bond donors (Lipinski definition) is 1. The van der Waals surface area contributed by atoms with Gasteiger partial charge in [0.2, 0.25) is 5.91 Å². The van der Waals surface area contributed by atoms with E-state index in [-0.39, 0.29) is 12.3 Å². The number of hydroxylamine groups is 1. The van der Waals surface area contributed by atoms with Crippen LogP contribution in [-0.4, -0.2) is 31.2 Å². The second-order valence-electron chi connectivity index (χ2n) is 3.70. The van der Waals surface area contributed by atoms with Gasteiger partial charge in [-0.3, -0.25) is 9.63 Å². The SMILES string of the molecule is COCCONC(=O)Cc1csc(-c2ccsc2)n1. The largest absolute Gasteiger partial charge is 0.382 e. The smallest absolute Gasteiger partial charge is 0.249 e. The second kappa shape index (κ2) is 7.34. The van der Waals surface area contributed by atoms with Crippen LogP contribution in [0, 0.1) is 0 Å². The molecule has 0 bridgehead atoms. The predicted octanol–water partition coefficient (Wildman–Crippen LogP) is 2.11. The second-order valence-corrected chi connectivity index (χ2v) is 5.34. The first-order valence-corrected chi connectivity index (χ1v) is 7.48. The normalized spacial score (nSPS) is 10.6. The van der Waals surface area contributed by atoms with Gasteiger partial charge in [-0.05, 0) is 11.4 Å². The maximum Gasteiger partial charge on any atom is 0.249 e. The molecule has 19 heavy (non-hydrogen) atoms. The Morgan fingerprint density at radius 2 is 2.32 bits per heavy atom. The summed E-state index contributed by atoms with van der Waals surface area (Å²) in [4.78, 5) is 20.9. The zero-order valence-electron chi connectivity index (χ0n) is 10.4. The zero-order chi connectivity index (χ0) is 13.5. The van der Waals surface area contributed by atoms with Gasteiger partial charge in [0.25, 0.3) is 0 Å². The van der Waals surface area contributed by atoms with Crippen molar-refractivity contribution in [2.45, 2.75) is 6.42 Å². The minimum Gasteiger partial charge on any atom is -0.382 e. The first-order chi connectivity index (χ1) is 9.29. The van der Waals surface area contributed by atoms with E-state index < -0.39 is 0 Å². The van der Waals surface area contributed by atoms with Gasteiger partial charge in [0.1, 0.15) is 5.01 Å². The number of ether oxygens (including phenoxy) is 1. The number of hydrogen-bond acceptors (Lipinski definition) is 6. The summed E-state index contributed by atoms with van der Waals surface area (Å²) in [5.74, 6) is -0.210. The summed E-state index contributed by atoms with van der Waals surface area (Å²) in [6.07, 6.45) is 0.216. The van der Waals surface area contributed by atoms with E-state index in [1.807, 2.05) is 22.2 Å². The molecule has 0 radical (unpaired) electrons. The molecule has 102 valence electrons.